The van der Waals surface area contributed by atoms with E-state index in [0.717, 1.165) is 22.9 Å². The van der Waals surface area contributed by atoms with Gasteiger partial charge in [-0.25, -0.2) is 4.98 Å². The summed E-state index contributed by atoms with van der Waals surface area (Å²) in [6.45, 7) is 1.25. The lowest BCUT2D eigenvalue weighted by molar-refractivity contribution is -0.132. The Morgan fingerprint density at radius 1 is 1.15 bits per heavy atom. The molecule has 2 aromatic carbocycles. The SMILES string of the molecule is CN(CCn1cnc2ccccc21)C(=O)CC(C=O)Cc1ccccc1. The predicted octanol–water partition coefficient (Wildman–Crippen LogP) is 2.94. The molecule has 3 rings (SSSR count). The molecule has 26 heavy (non-hydrogen) atoms. The number of rotatable bonds is 8. The Balaban J connectivity index is 1.54. The Kier molecular flexibility index (Phi) is 5.79. The third kappa shape index (κ3) is 4.36. The normalized spacial score (nSPS) is 12.0. The predicted molar refractivity (Wildman–Crippen MR) is 102 cm³/mol. The number of carbonyl (C=O) groups is 2. The van der Waals surface area contributed by atoms with Crippen molar-refractivity contribution in [1.29, 1.82) is 0 Å². The van der Waals surface area contributed by atoms with E-state index < -0.39 is 0 Å². The molecule has 1 heterocycles. The van der Waals surface area contributed by atoms with Crippen molar-refractivity contribution in [2.24, 2.45) is 5.92 Å². The lowest BCUT2D eigenvalue weighted by Crippen LogP contribution is -2.32. The number of hydrogen-bond acceptors (Lipinski definition) is 3. The highest BCUT2D eigenvalue weighted by Gasteiger charge is 2.17. The fourth-order valence-corrected chi connectivity index (χ4v) is 3.04. The van der Waals surface area contributed by atoms with Crippen molar-refractivity contribution in [1.82, 2.24) is 14.5 Å². The molecule has 0 aliphatic carbocycles. The van der Waals surface area contributed by atoms with Crippen LogP contribution in [0.25, 0.3) is 11.0 Å². The first-order valence-corrected chi connectivity index (χ1v) is 8.80. The molecule has 0 fully saturated rings. The average Bonchev–Trinajstić information content (AvgIpc) is 3.09. The van der Waals surface area contributed by atoms with Crippen molar-refractivity contribution in [3.8, 4) is 0 Å². The summed E-state index contributed by atoms with van der Waals surface area (Å²) in [6.07, 6.45) is 3.52. The zero-order valence-corrected chi connectivity index (χ0v) is 14.9. The molecule has 134 valence electrons. The topological polar surface area (TPSA) is 55.2 Å². The van der Waals surface area contributed by atoms with E-state index in [2.05, 4.69) is 4.98 Å². The molecule has 1 unspecified atom stereocenters. The standard InChI is InChI=1S/C21H23N3O2/c1-23(11-12-24-16-22-19-9-5-6-10-20(19)24)21(26)14-18(15-25)13-17-7-3-2-4-8-17/h2-10,15-16,18H,11-14H2,1H3. The van der Waals surface area contributed by atoms with Gasteiger partial charge in [0.2, 0.25) is 5.91 Å². The van der Waals surface area contributed by atoms with E-state index in [4.69, 9.17) is 0 Å². The molecule has 0 aliphatic rings. The summed E-state index contributed by atoms with van der Waals surface area (Å²) in [6, 6.07) is 17.7. The minimum atomic E-state index is -0.290. The number of para-hydroxylation sites is 2. The molecule has 1 atom stereocenters. The lowest BCUT2D eigenvalue weighted by atomic mass is 9.97. The maximum absolute atomic E-state index is 12.5. The summed E-state index contributed by atoms with van der Waals surface area (Å²) in [7, 11) is 1.78. The van der Waals surface area contributed by atoms with Gasteiger partial charge in [-0.15, -0.1) is 0 Å². The van der Waals surface area contributed by atoms with Crippen LogP contribution in [0.15, 0.2) is 60.9 Å². The van der Waals surface area contributed by atoms with Crippen LogP contribution in [0.2, 0.25) is 0 Å². The van der Waals surface area contributed by atoms with Crippen molar-refractivity contribution in [3.63, 3.8) is 0 Å². The Morgan fingerprint density at radius 2 is 1.88 bits per heavy atom. The summed E-state index contributed by atoms with van der Waals surface area (Å²) < 4.78 is 2.04. The van der Waals surface area contributed by atoms with Crippen LogP contribution in [-0.4, -0.2) is 40.2 Å². The van der Waals surface area contributed by atoms with Gasteiger partial charge in [-0.05, 0) is 24.1 Å². The lowest BCUT2D eigenvalue weighted by Gasteiger charge is -2.19. The number of nitrogens with zero attached hydrogens (tertiary/aromatic N) is 3. The first-order chi connectivity index (χ1) is 12.7. The number of aromatic nitrogens is 2. The van der Waals surface area contributed by atoms with Crippen molar-refractivity contribution < 1.29 is 9.59 Å². The monoisotopic (exact) mass is 349 g/mol. The molecule has 0 spiro atoms. The number of likely N-dealkylation sites (N-methyl/N-ethyl adjacent to an activating group) is 1. The van der Waals surface area contributed by atoms with E-state index in [-0.39, 0.29) is 18.2 Å². The summed E-state index contributed by atoms with van der Waals surface area (Å²) in [5.74, 6) is -0.302. The van der Waals surface area contributed by atoms with Crippen LogP contribution < -0.4 is 0 Å². The Labute approximate surface area is 153 Å². The number of imidazole rings is 1. The summed E-state index contributed by atoms with van der Waals surface area (Å²) in [5.41, 5.74) is 3.08. The maximum Gasteiger partial charge on any atom is 0.223 e. The Bertz CT molecular complexity index is 873. The van der Waals surface area contributed by atoms with Crippen molar-refractivity contribution in [2.45, 2.75) is 19.4 Å². The van der Waals surface area contributed by atoms with Gasteiger partial charge in [0.25, 0.3) is 0 Å². The molecule has 5 heteroatoms. The quantitative estimate of drug-likeness (QED) is 0.588. The molecule has 0 saturated carbocycles. The van der Waals surface area contributed by atoms with E-state index in [1.807, 2.05) is 59.2 Å². The van der Waals surface area contributed by atoms with Gasteiger partial charge >= 0.3 is 0 Å². The largest absolute Gasteiger partial charge is 0.344 e. The van der Waals surface area contributed by atoms with Crippen molar-refractivity contribution in [2.75, 3.05) is 13.6 Å². The summed E-state index contributed by atoms with van der Waals surface area (Å²) in [4.78, 5) is 29.9. The van der Waals surface area contributed by atoms with Crippen LogP contribution >= 0.6 is 0 Å². The second-order valence-corrected chi connectivity index (χ2v) is 6.53. The Hall–Kier alpha value is -2.95. The molecule has 0 N–H and O–H groups in total. The molecular formula is C21H23N3O2. The van der Waals surface area contributed by atoms with Crippen LogP contribution in [-0.2, 0) is 22.6 Å². The van der Waals surface area contributed by atoms with Crippen LogP contribution in [0.1, 0.15) is 12.0 Å². The third-order valence-corrected chi connectivity index (χ3v) is 4.60. The highest BCUT2D eigenvalue weighted by atomic mass is 16.2. The van der Waals surface area contributed by atoms with Crippen LogP contribution in [0.3, 0.4) is 0 Å². The second-order valence-electron chi connectivity index (χ2n) is 6.53. The number of amides is 1. The summed E-state index contributed by atoms with van der Waals surface area (Å²) >= 11 is 0. The number of benzene rings is 2. The van der Waals surface area contributed by atoms with E-state index in [9.17, 15) is 9.59 Å². The number of fused-ring (bicyclic) bond motifs is 1. The average molecular weight is 349 g/mol. The van der Waals surface area contributed by atoms with E-state index in [1.54, 1.807) is 18.3 Å². The van der Waals surface area contributed by atoms with Crippen molar-refractivity contribution >= 4 is 23.2 Å². The molecule has 0 bridgehead atoms. The molecule has 1 amide bonds. The number of aldehydes is 1. The minimum Gasteiger partial charge on any atom is -0.344 e. The van der Waals surface area contributed by atoms with Gasteiger partial charge in [0.05, 0.1) is 17.4 Å². The number of hydrogen-bond donors (Lipinski definition) is 0. The molecule has 0 saturated heterocycles. The molecule has 0 radical (unpaired) electrons. The first-order valence-electron chi connectivity index (χ1n) is 8.80. The van der Waals surface area contributed by atoms with Gasteiger partial charge in [0, 0.05) is 32.5 Å². The van der Waals surface area contributed by atoms with Gasteiger partial charge in [-0.3, -0.25) is 4.79 Å². The van der Waals surface area contributed by atoms with Gasteiger partial charge in [-0.2, -0.15) is 0 Å². The minimum absolute atomic E-state index is 0.0116. The zero-order chi connectivity index (χ0) is 18.4. The maximum atomic E-state index is 12.5. The molecule has 1 aromatic heterocycles. The summed E-state index contributed by atoms with van der Waals surface area (Å²) in [5, 5.41) is 0. The van der Waals surface area contributed by atoms with Gasteiger partial charge < -0.3 is 14.3 Å². The van der Waals surface area contributed by atoms with Gasteiger partial charge in [0.15, 0.2) is 0 Å². The fraction of sp³-hybridized carbons (Fsp3) is 0.286. The first kappa shape index (κ1) is 17.9. The van der Waals surface area contributed by atoms with Crippen molar-refractivity contribution in [3.05, 3.63) is 66.5 Å². The molecule has 5 nitrogen and oxygen atoms in total. The third-order valence-electron chi connectivity index (χ3n) is 4.60. The Morgan fingerprint density at radius 3 is 2.65 bits per heavy atom. The second kappa shape index (κ2) is 8.43. The fourth-order valence-electron chi connectivity index (χ4n) is 3.04. The van der Waals surface area contributed by atoms with Crippen LogP contribution in [0, 0.1) is 5.92 Å². The van der Waals surface area contributed by atoms with Gasteiger partial charge in [0.1, 0.15) is 6.29 Å². The van der Waals surface area contributed by atoms with Crippen LogP contribution in [0.4, 0.5) is 0 Å². The smallest absolute Gasteiger partial charge is 0.223 e. The highest BCUT2D eigenvalue weighted by molar-refractivity contribution is 5.79. The van der Waals surface area contributed by atoms with Crippen LogP contribution in [0.5, 0.6) is 0 Å². The molecular weight excluding hydrogens is 326 g/mol. The zero-order valence-electron chi connectivity index (χ0n) is 14.9. The molecule has 3 aromatic rings. The highest BCUT2D eigenvalue weighted by Crippen LogP contribution is 2.13. The van der Waals surface area contributed by atoms with Gasteiger partial charge in [-0.1, -0.05) is 42.5 Å². The number of carbonyl (C=O) groups excluding carboxylic acids is 2. The molecule has 0 aliphatic heterocycles. The van der Waals surface area contributed by atoms with E-state index >= 15 is 0 Å². The van der Waals surface area contributed by atoms with E-state index in [1.165, 1.54) is 0 Å². The van der Waals surface area contributed by atoms with E-state index in [0.29, 0.717) is 19.5 Å².